The molecule has 2 amide bonds. The van der Waals surface area contributed by atoms with Crippen LogP contribution >= 0.6 is 0 Å². The number of ether oxygens (including phenoxy) is 1. The summed E-state index contributed by atoms with van der Waals surface area (Å²) in [6.07, 6.45) is 0. The van der Waals surface area contributed by atoms with Crippen LogP contribution in [0, 0.1) is 18.6 Å². The maximum Gasteiger partial charge on any atom is 0.326 e. The molecule has 0 fully saturated rings. The minimum atomic E-state index is -0.754. The zero-order valence-corrected chi connectivity index (χ0v) is 19.8. The van der Waals surface area contributed by atoms with Gasteiger partial charge in [-0.15, -0.1) is 0 Å². The molecule has 0 radical (unpaired) electrons. The standard InChI is InChI=1S/C27H22F2N4O3/c1-15-13-20(9-12-22(15)29)33-16(2)23(24(30-27(33)34)18-5-4-6-19(28)14-18)26-31-25(32-36-26)17-7-10-21(35-3)11-8-17/h4-14,24H,1-3H3,(H,30,34). The predicted molar refractivity (Wildman–Crippen MR) is 130 cm³/mol. The number of nitrogens with zero attached hydrogens (tertiary/aromatic N) is 3. The predicted octanol–water partition coefficient (Wildman–Crippen LogP) is 6.03. The summed E-state index contributed by atoms with van der Waals surface area (Å²) in [6, 6.07) is 16.3. The highest BCUT2D eigenvalue weighted by molar-refractivity contribution is 6.01. The van der Waals surface area contributed by atoms with Crippen LogP contribution < -0.4 is 15.0 Å². The van der Waals surface area contributed by atoms with Crippen LogP contribution in [0.25, 0.3) is 17.0 Å². The van der Waals surface area contributed by atoms with Crippen LogP contribution in [0.2, 0.25) is 0 Å². The highest BCUT2D eigenvalue weighted by atomic mass is 19.1. The number of rotatable bonds is 5. The highest BCUT2D eigenvalue weighted by Gasteiger charge is 2.36. The van der Waals surface area contributed by atoms with Crippen LogP contribution in [0.5, 0.6) is 5.75 Å². The van der Waals surface area contributed by atoms with Gasteiger partial charge in [0, 0.05) is 11.3 Å². The van der Waals surface area contributed by atoms with E-state index in [1.165, 1.54) is 29.2 Å². The lowest BCUT2D eigenvalue weighted by atomic mass is 9.94. The normalized spacial score (nSPS) is 15.8. The summed E-state index contributed by atoms with van der Waals surface area (Å²) in [5.41, 5.74) is 3.06. The molecule has 0 bridgehead atoms. The molecule has 9 heteroatoms. The second-order valence-corrected chi connectivity index (χ2v) is 8.36. The number of allylic oxidation sites excluding steroid dienone is 1. The Balaban J connectivity index is 1.64. The molecule has 2 heterocycles. The maximum atomic E-state index is 14.1. The van der Waals surface area contributed by atoms with E-state index in [0.717, 1.165) is 0 Å². The van der Waals surface area contributed by atoms with Gasteiger partial charge in [0.15, 0.2) is 0 Å². The number of nitrogens with one attached hydrogen (secondary N) is 1. The Morgan fingerprint density at radius 3 is 2.50 bits per heavy atom. The molecule has 36 heavy (non-hydrogen) atoms. The molecule has 1 N–H and O–H groups in total. The van der Waals surface area contributed by atoms with Crippen molar-refractivity contribution in [3.8, 4) is 17.1 Å². The van der Waals surface area contributed by atoms with Crippen molar-refractivity contribution < 1.29 is 22.8 Å². The number of aryl methyl sites for hydroxylation is 1. The van der Waals surface area contributed by atoms with Crippen LogP contribution in [-0.2, 0) is 0 Å². The molecule has 1 aliphatic rings. The number of aromatic nitrogens is 2. The van der Waals surface area contributed by atoms with E-state index in [2.05, 4.69) is 15.5 Å². The van der Waals surface area contributed by atoms with Crippen molar-refractivity contribution in [1.29, 1.82) is 0 Å². The largest absolute Gasteiger partial charge is 0.497 e. The molecule has 5 rings (SSSR count). The Labute approximate surface area is 206 Å². The number of halogens is 2. The number of urea groups is 1. The lowest BCUT2D eigenvalue weighted by molar-refractivity contribution is 0.244. The molecule has 3 aromatic carbocycles. The quantitative estimate of drug-likeness (QED) is 0.371. The Hall–Kier alpha value is -4.53. The van der Waals surface area contributed by atoms with Gasteiger partial charge in [-0.05, 0) is 79.6 Å². The lowest BCUT2D eigenvalue weighted by Crippen LogP contribution is -2.46. The van der Waals surface area contributed by atoms with Gasteiger partial charge in [-0.25, -0.2) is 13.6 Å². The van der Waals surface area contributed by atoms with Crippen molar-refractivity contribution in [2.24, 2.45) is 0 Å². The summed E-state index contributed by atoms with van der Waals surface area (Å²) in [6.45, 7) is 3.35. The molecule has 4 aromatic rings. The van der Waals surface area contributed by atoms with E-state index < -0.39 is 17.9 Å². The summed E-state index contributed by atoms with van der Waals surface area (Å²) >= 11 is 0. The zero-order chi connectivity index (χ0) is 25.4. The first-order valence-corrected chi connectivity index (χ1v) is 11.2. The van der Waals surface area contributed by atoms with Crippen LogP contribution in [0.3, 0.4) is 0 Å². The van der Waals surface area contributed by atoms with Gasteiger partial charge in [-0.3, -0.25) is 4.90 Å². The molecular weight excluding hydrogens is 466 g/mol. The Kier molecular flexibility index (Phi) is 5.97. The summed E-state index contributed by atoms with van der Waals surface area (Å²) in [5, 5.41) is 7.03. The molecule has 0 saturated carbocycles. The number of carbonyl (C=O) groups excluding carboxylic acids is 1. The van der Waals surface area contributed by atoms with Gasteiger partial charge in [-0.2, -0.15) is 4.98 Å². The van der Waals surface area contributed by atoms with Gasteiger partial charge in [0.2, 0.25) is 5.82 Å². The van der Waals surface area contributed by atoms with Crippen LogP contribution in [0.15, 0.2) is 77.0 Å². The molecule has 1 aliphatic heterocycles. The van der Waals surface area contributed by atoms with Gasteiger partial charge in [0.05, 0.1) is 24.4 Å². The van der Waals surface area contributed by atoms with Gasteiger partial charge in [-0.1, -0.05) is 17.3 Å². The van der Waals surface area contributed by atoms with E-state index >= 15 is 0 Å². The Bertz CT molecular complexity index is 1480. The maximum absolute atomic E-state index is 14.1. The number of anilines is 1. The fraction of sp³-hybridized carbons (Fsp3) is 0.148. The zero-order valence-electron chi connectivity index (χ0n) is 19.8. The number of carbonyl (C=O) groups is 1. The summed E-state index contributed by atoms with van der Waals surface area (Å²) < 4.78 is 38.9. The summed E-state index contributed by atoms with van der Waals surface area (Å²) in [4.78, 5) is 19.2. The molecule has 1 atom stereocenters. The van der Waals surface area contributed by atoms with E-state index in [1.807, 2.05) is 0 Å². The molecule has 1 unspecified atom stereocenters. The molecule has 0 aliphatic carbocycles. The molecule has 7 nitrogen and oxygen atoms in total. The number of amides is 2. The van der Waals surface area contributed by atoms with Crippen molar-refractivity contribution in [2.75, 3.05) is 12.0 Å². The first-order chi connectivity index (χ1) is 17.4. The molecule has 182 valence electrons. The van der Waals surface area contributed by atoms with Crippen LogP contribution in [-0.4, -0.2) is 23.3 Å². The van der Waals surface area contributed by atoms with E-state index in [1.54, 1.807) is 63.4 Å². The first kappa shape index (κ1) is 23.2. The SMILES string of the molecule is COc1ccc(-c2noc(C3=C(C)N(c4ccc(F)c(C)c4)C(=O)NC3c3cccc(F)c3)n2)cc1. The smallest absolute Gasteiger partial charge is 0.326 e. The minimum Gasteiger partial charge on any atom is -0.497 e. The monoisotopic (exact) mass is 488 g/mol. The minimum absolute atomic E-state index is 0.163. The lowest BCUT2D eigenvalue weighted by Gasteiger charge is -2.35. The van der Waals surface area contributed by atoms with E-state index in [9.17, 15) is 13.6 Å². The van der Waals surface area contributed by atoms with Gasteiger partial charge >= 0.3 is 6.03 Å². The van der Waals surface area contributed by atoms with Crippen LogP contribution in [0.1, 0.15) is 30.0 Å². The number of hydrogen-bond acceptors (Lipinski definition) is 5. The highest BCUT2D eigenvalue weighted by Crippen LogP contribution is 2.39. The van der Waals surface area contributed by atoms with Gasteiger partial charge < -0.3 is 14.6 Å². The summed E-state index contributed by atoms with van der Waals surface area (Å²) in [7, 11) is 1.58. The van der Waals surface area contributed by atoms with Crippen molar-refractivity contribution >= 4 is 17.3 Å². The second-order valence-electron chi connectivity index (χ2n) is 8.36. The Morgan fingerprint density at radius 2 is 1.81 bits per heavy atom. The van der Waals surface area contributed by atoms with Crippen molar-refractivity contribution in [1.82, 2.24) is 15.5 Å². The third-order valence-corrected chi connectivity index (χ3v) is 6.07. The van der Waals surface area contributed by atoms with Crippen molar-refractivity contribution in [2.45, 2.75) is 19.9 Å². The van der Waals surface area contributed by atoms with Gasteiger partial charge in [0.1, 0.15) is 17.4 Å². The van der Waals surface area contributed by atoms with E-state index in [-0.39, 0.29) is 11.7 Å². The van der Waals surface area contributed by atoms with E-state index in [4.69, 9.17) is 9.26 Å². The average molecular weight is 488 g/mol. The Morgan fingerprint density at radius 1 is 1.03 bits per heavy atom. The summed E-state index contributed by atoms with van der Waals surface area (Å²) in [5.74, 6) is 0.368. The number of methoxy groups -OCH3 is 1. The third kappa shape index (κ3) is 4.19. The molecule has 0 spiro atoms. The average Bonchev–Trinajstić information content (AvgIpc) is 3.35. The van der Waals surface area contributed by atoms with Gasteiger partial charge in [0.25, 0.3) is 5.89 Å². The molecule has 1 aromatic heterocycles. The number of hydrogen-bond donors (Lipinski definition) is 1. The van der Waals surface area contributed by atoms with Crippen LogP contribution in [0.4, 0.5) is 19.3 Å². The van der Waals surface area contributed by atoms with Crippen molar-refractivity contribution in [3.63, 3.8) is 0 Å². The number of benzene rings is 3. The topological polar surface area (TPSA) is 80.5 Å². The second kappa shape index (κ2) is 9.26. The fourth-order valence-corrected chi connectivity index (χ4v) is 4.23. The molecule has 0 saturated heterocycles. The van der Waals surface area contributed by atoms with E-state index in [0.29, 0.717) is 45.2 Å². The first-order valence-electron chi connectivity index (χ1n) is 11.2. The fourth-order valence-electron chi connectivity index (χ4n) is 4.23. The van der Waals surface area contributed by atoms with Crippen molar-refractivity contribution in [3.05, 3.63) is 101 Å². The molecular formula is C27H22F2N4O3. The third-order valence-electron chi connectivity index (χ3n) is 6.07.